The molecule has 0 saturated heterocycles. The van der Waals surface area contributed by atoms with Crippen molar-refractivity contribution >= 4 is 51.0 Å². The fourth-order valence-corrected chi connectivity index (χ4v) is 6.41. The Labute approximate surface area is 221 Å². The van der Waals surface area contributed by atoms with Gasteiger partial charge in [-0.3, -0.25) is 9.59 Å². The second-order valence-corrected chi connectivity index (χ2v) is 11.3. The number of aromatic amines is 1. The third-order valence-corrected chi connectivity index (χ3v) is 8.43. The minimum atomic E-state index is -0.592. The summed E-state index contributed by atoms with van der Waals surface area (Å²) in [6.07, 6.45) is 5.26. The summed E-state index contributed by atoms with van der Waals surface area (Å²) in [5, 5.41) is 7.89. The Morgan fingerprint density at radius 2 is 2.00 bits per heavy atom. The van der Waals surface area contributed by atoms with Gasteiger partial charge in [0.1, 0.15) is 10.4 Å². The van der Waals surface area contributed by atoms with Gasteiger partial charge in [0.25, 0.3) is 5.56 Å². The summed E-state index contributed by atoms with van der Waals surface area (Å²) >= 11 is 2.58. The van der Waals surface area contributed by atoms with E-state index in [1.807, 2.05) is 31.2 Å². The lowest BCUT2D eigenvalue weighted by atomic mass is 9.95. The number of esters is 1. The van der Waals surface area contributed by atoms with Crippen LogP contribution >= 0.6 is 23.1 Å². The Morgan fingerprint density at radius 1 is 1.24 bits per heavy atom. The molecule has 5 rings (SSSR count). The predicted molar refractivity (Wildman–Crippen MR) is 145 cm³/mol. The number of aromatic nitrogens is 4. The van der Waals surface area contributed by atoms with E-state index in [0.717, 1.165) is 59.1 Å². The highest BCUT2D eigenvalue weighted by atomic mass is 32.2. The van der Waals surface area contributed by atoms with Crippen molar-refractivity contribution in [1.82, 2.24) is 19.7 Å². The molecule has 11 heteroatoms. The smallest absolute Gasteiger partial charge is 0.341 e. The van der Waals surface area contributed by atoms with Crippen LogP contribution in [0.15, 0.2) is 40.4 Å². The van der Waals surface area contributed by atoms with Gasteiger partial charge in [0.05, 0.1) is 29.3 Å². The zero-order valence-corrected chi connectivity index (χ0v) is 22.4. The Morgan fingerprint density at radius 3 is 2.76 bits per heavy atom. The van der Waals surface area contributed by atoms with Crippen LogP contribution < -0.4 is 10.9 Å². The molecule has 0 fully saturated rings. The first-order valence-electron chi connectivity index (χ1n) is 12.2. The van der Waals surface area contributed by atoms with E-state index in [2.05, 4.69) is 20.4 Å². The highest BCUT2D eigenvalue weighted by Gasteiger charge is 2.28. The molecule has 0 radical (unpaired) electrons. The van der Waals surface area contributed by atoms with Crippen LogP contribution in [-0.2, 0) is 22.4 Å². The summed E-state index contributed by atoms with van der Waals surface area (Å²) in [5.41, 5.74) is 3.45. The number of carbonyl (C=O) groups excluding carboxylic acids is 2. The van der Waals surface area contributed by atoms with Gasteiger partial charge in [-0.05, 0) is 64.2 Å². The summed E-state index contributed by atoms with van der Waals surface area (Å²) in [6.45, 7) is 5.77. The number of hydrogen-bond donors (Lipinski definition) is 2. The van der Waals surface area contributed by atoms with E-state index in [9.17, 15) is 14.4 Å². The lowest BCUT2D eigenvalue weighted by Crippen LogP contribution is -2.24. The van der Waals surface area contributed by atoms with Gasteiger partial charge in [-0.1, -0.05) is 29.5 Å². The lowest BCUT2D eigenvalue weighted by molar-refractivity contribution is -0.115. The predicted octanol–water partition coefficient (Wildman–Crippen LogP) is 4.65. The van der Waals surface area contributed by atoms with Crippen molar-refractivity contribution in [2.75, 3.05) is 11.9 Å². The number of H-pyrrole nitrogens is 1. The van der Waals surface area contributed by atoms with Crippen LogP contribution in [0.4, 0.5) is 5.00 Å². The van der Waals surface area contributed by atoms with Crippen molar-refractivity contribution in [3.8, 4) is 5.69 Å². The van der Waals surface area contributed by atoms with Crippen LogP contribution in [0.1, 0.15) is 53.1 Å². The lowest BCUT2D eigenvalue weighted by Gasteiger charge is -2.13. The number of fused-ring (bicyclic) bond motifs is 2. The van der Waals surface area contributed by atoms with Crippen LogP contribution in [-0.4, -0.2) is 43.5 Å². The number of ether oxygens (including phenoxy) is 1. The van der Waals surface area contributed by atoms with E-state index >= 15 is 0 Å². The Bertz CT molecular complexity index is 1540. The normalized spacial score (nSPS) is 13.8. The Hall–Kier alpha value is -3.44. The molecule has 9 nitrogen and oxygen atoms in total. The molecule has 0 saturated carbocycles. The molecular formula is C26H27N5O4S2. The van der Waals surface area contributed by atoms with Crippen LogP contribution in [0.25, 0.3) is 16.7 Å². The number of thiophene rings is 1. The van der Waals surface area contributed by atoms with Crippen molar-refractivity contribution in [3.63, 3.8) is 0 Å². The second-order valence-electron chi connectivity index (χ2n) is 8.89. The third kappa shape index (κ3) is 5.05. The molecule has 37 heavy (non-hydrogen) atoms. The van der Waals surface area contributed by atoms with Crippen molar-refractivity contribution in [2.24, 2.45) is 0 Å². The quantitative estimate of drug-likeness (QED) is 0.200. The first-order chi connectivity index (χ1) is 17.9. The van der Waals surface area contributed by atoms with E-state index in [0.29, 0.717) is 26.8 Å². The van der Waals surface area contributed by atoms with Crippen LogP contribution in [0, 0.1) is 6.92 Å². The zero-order valence-electron chi connectivity index (χ0n) is 20.8. The Kier molecular flexibility index (Phi) is 7.16. The van der Waals surface area contributed by atoms with Crippen LogP contribution in [0.5, 0.6) is 0 Å². The fourth-order valence-electron chi connectivity index (χ4n) is 4.34. The molecule has 0 spiro atoms. The summed E-state index contributed by atoms with van der Waals surface area (Å²) < 4.78 is 6.90. The molecule has 1 atom stereocenters. The maximum absolute atomic E-state index is 13.2. The molecule has 1 aliphatic carbocycles. The molecule has 1 aliphatic rings. The van der Waals surface area contributed by atoms with Gasteiger partial charge >= 0.3 is 5.97 Å². The van der Waals surface area contributed by atoms with E-state index in [4.69, 9.17) is 4.74 Å². The first kappa shape index (κ1) is 25.2. The summed E-state index contributed by atoms with van der Waals surface area (Å²) in [4.78, 5) is 47.1. The van der Waals surface area contributed by atoms with E-state index < -0.39 is 11.2 Å². The monoisotopic (exact) mass is 537 g/mol. The number of nitrogens with zero attached hydrogens (tertiary/aromatic N) is 3. The largest absolute Gasteiger partial charge is 0.462 e. The molecule has 0 bridgehead atoms. The minimum Gasteiger partial charge on any atom is -0.462 e. The highest BCUT2D eigenvalue weighted by Crippen LogP contribution is 2.39. The van der Waals surface area contributed by atoms with Crippen molar-refractivity contribution < 1.29 is 14.3 Å². The first-order valence-corrected chi connectivity index (χ1v) is 13.9. The SMILES string of the molecule is CCOC(=O)c1c(NC(=O)C(C)Sc2nc3c(cnn3-c3ccc(C)cc3)c(=O)[nH]2)sc2c1CCCC2. The number of anilines is 1. The summed E-state index contributed by atoms with van der Waals surface area (Å²) in [5.74, 6) is -0.692. The molecular weight excluding hydrogens is 510 g/mol. The molecule has 1 aromatic carbocycles. The molecule has 0 aliphatic heterocycles. The molecule has 192 valence electrons. The fraction of sp³-hybridized carbons (Fsp3) is 0.346. The second kappa shape index (κ2) is 10.5. The van der Waals surface area contributed by atoms with Gasteiger partial charge in [0, 0.05) is 4.88 Å². The number of hydrogen-bond acceptors (Lipinski definition) is 8. The molecule has 4 aromatic rings. The molecule has 2 N–H and O–H groups in total. The number of aryl methyl sites for hydroxylation is 2. The average Bonchev–Trinajstić information content (AvgIpc) is 3.46. The van der Waals surface area contributed by atoms with Gasteiger partial charge in [0.2, 0.25) is 5.91 Å². The van der Waals surface area contributed by atoms with Crippen LogP contribution in [0.2, 0.25) is 0 Å². The maximum Gasteiger partial charge on any atom is 0.341 e. The van der Waals surface area contributed by atoms with Gasteiger partial charge in [-0.25, -0.2) is 14.5 Å². The summed E-state index contributed by atoms with van der Waals surface area (Å²) in [7, 11) is 0. The number of nitrogens with one attached hydrogen (secondary N) is 2. The third-order valence-electron chi connectivity index (χ3n) is 6.24. The number of amides is 1. The van der Waals surface area contributed by atoms with Crippen molar-refractivity contribution in [2.45, 2.75) is 56.9 Å². The topological polar surface area (TPSA) is 119 Å². The molecule has 1 unspecified atom stereocenters. The van der Waals surface area contributed by atoms with Gasteiger partial charge in [-0.2, -0.15) is 5.10 Å². The zero-order chi connectivity index (χ0) is 26.1. The maximum atomic E-state index is 13.2. The molecule has 3 heterocycles. The van der Waals surface area contributed by atoms with Crippen LogP contribution in [0.3, 0.4) is 0 Å². The van der Waals surface area contributed by atoms with E-state index in [1.165, 1.54) is 17.5 Å². The van der Waals surface area contributed by atoms with Crippen molar-refractivity contribution in [3.05, 3.63) is 62.4 Å². The van der Waals surface area contributed by atoms with E-state index in [1.54, 1.807) is 18.5 Å². The van der Waals surface area contributed by atoms with Gasteiger partial charge in [-0.15, -0.1) is 11.3 Å². The minimum absolute atomic E-state index is 0.268. The van der Waals surface area contributed by atoms with Gasteiger partial charge < -0.3 is 15.0 Å². The molecule has 3 aromatic heterocycles. The van der Waals surface area contributed by atoms with E-state index in [-0.39, 0.29) is 18.1 Å². The molecule has 1 amide bonds. The van der Waals surface area contributed by atoms with Gasteiger partial charge in [0.15, 0.2) is 10.8 Å². The highest BCUT2D eigenvalue weighted by molar-refractivity contribution is 8.00. The standard InChI is InChI=1S/C26H27N5O4S2/c1-4-35-25(34)20-17-7-5-6-8-19(17)37-24(20)29-22(32)15(3)36-26-28-21-18(23(33)30-26)13-27-31(21)16-11-9-14(2)10-12-16/h9-13,15H,4-8H2,1-3H3,(H,29,32)(H,28,30,33). The number of thioether (sulfide) groups is 1. The Balaban J connectivity index is 1.39. The summed E-state index contributed by atoms with van der Waals surface area (Å²) in [6, 6.07) is 7.75. The number of rotatable bonds is 7. The number of carbonyl (C=O) groups is 2. The number of benzene rings is 1. The average molecular weight is 538 g/mol. The van der Waals surface area contributed by atoms with Crippen molar-refractivity contribution in [1.29, 1.82) is 0 Å².